The normalized spacial score (nSPS) is 11.2. The first kappa shape index (κ1) is 25.9. The summed E-state index contributed by atoms with van der Waals surface area (Å²) < 4.78 is 49.0. The van der Waals surface area contributed by atoms with Crippen molar-refractivity contribution in [3.63, 3.8) is 0 Å². The fourth-order valence-corrected chi connectivity index (χ4v) is 3.80. The molecule has 0 saturated carbocycles. The molecule has 4 aromatic rings. The predicted octanol–water partition coefficient (Wildman–Crippen LogP) is 7.73. The molecule has 11 heteroatoms. The molecule has 1 heterocycles. The van der Waals surface area contributed by atoms with Gasteiger partial charge in [0.25, 0.3) is 0 Å². The second kappa shape index (κ2) is 10.8. The van der Waals surface area contributed by atoms with E-state index in [4.69, 9.17) is 16.3 Å². The lowest BCUT2D eigenvalue weighted by Crippen LogP contribution is -2.20. The van der Waals surface area contributed by atoms with Crippen LogP contribution in [0.15, 0.2) is 72.8 Å². The second-order valence-electron chi connectivity index (χ2n) is 7.88. The Morgan fingerprint density at radius 3 is 2.43 bits per heavy atom. The van der Waals surface area contributed by atoms with Gasteiger partial charge in [-0.2, -0.15) is 5.10 Å². The summed E-state index contributed by atoms with van der Waals surface area (Å²) in [4.78, 5) is 12.7. The van der Waals surface area contributed by atoms with E-state index < -0.39 is 18.1 Å². The van der Waals surface area contributed by atoms with E-state index in [9.17, 15) is 18.0 Å². The molecule has 0 aliphatic carbocycles. The molecule has 0 saturated heterocycles. The summed E-state index contributed by atoms with van der Waals surface area (Å²) in [6.07, 6.45) is -4.05. The third kappa shape index (κ3) is 6.53. The van der Waals surface area contributed by atoms with Crippen LogP contribution in [0.25, 0.3) is 5.69 Å². The van der Waals surface area contributed by atoms with Gasteiger partial charge in [-0.25, -0.2) is 9.48 Å². The third-order valence-electron chi connectivity index (χ3n) is 5.17. The fourth-order valence-electron chi connectivity index (χ4n) is 3.58. The molecule has 0 aliphatic heterocycles. The van der Waals surface area contributed by atoms with E-state index in [0.29, 0.717) is 17.3 Å². The van der Waals surface area contributed by atoms with Gasteiger partial charge in [0.1, 0.15) is 5.75 Å². The number of hydrogen-bond acceptors (Lipinski definition) is 4. The minimum absolute atomic E-state index is 0.0944. The Kier molecular flexibility index (Phi) is 7.58. The molecule has 1 aromatic heterocycles. The highest BCUT2D eigenvalue weighted by Crippen LogP contribution is 2.33. The van der Waals surface area contributed by atoms with Gasteiger partial charge >= 0.3 is 12.4 Å². The number of urea groups is 1. The van der Waals surface area contributed by atoms with Crippen molar-refractivity contribution in [2.75, 3.05) is 10.6 Å². The number of nitrogens with one attached hydrogen (secondary N) is 2. The van der Waals surface area contributed by atoms with Crippen molar-refractivity contribution in [1.29, 1.82) is 0 Å². The largest absolute Gasteiger partial charge is 0.573 e. The Morgan fingerprint density at radius 1 is 1.00 bits per heavy atom. The molecule has 4 rings (SSSR count). The van der Waals surface area contributed by atoms with Gasteiger partial charge < -0.3 is 20.1 Å². The molecule has 0 aliphatic rings. The fraction of sp³-hybridized carbons (Fsp3) is 0.154. The van der Waals surface area contributed by atoms with Crippen LogP contribution in [-0.4, -0.2) is 22.2 Å². The zero-order valence-corrected chi connectivity index (χ0v) is 20.5. The number of para-hydroxylation sites is 3. The molecular weight excluding hydrogens is 509 g/mol. The first-order valence-corrected chi connectivity index (χ1v) is 11.6. The predicted molar refractivity (Wildman–Crippen MR) is 135 cm³/mol. The van der Waals surface area contributed by atoms with E-state index in [1.807, 2.05) is 31.2 Å². The Hall–Kier alpha value is -4.18. The van der Waals surface area contributed by atoms with E-state index in [1.165, 1.54) is 6.07 Å². The van der Waals surface area contributed by atoms with E-state index >= 15 is 0 Å². The Balaban J connectivity index is 1.52. The van der Waals surface area contributed by atoms with Crippen molar-refractivity contribution in [3.8, 4) is 23.1 Å². The summed E-state index contributed by atoms with van der Waals surface area (Å²) in [6.45, 7) is 3.90. The Labute approximate surface area is 215 Å². The maximum Gasteiger partial charge on any atom is 0.573 e. The highest BCUT2D eigenvalue weighted by atomic mass is 35.5. The number of carbonyl (C=O) groups excluding carboxylic acids is 1. The van der Waals surface area contributed by atoms with E-state index in [0.717, 1.165) is 35.5 Å². The Morgan fingerprint density at radius 2 is 1.70 bits per heavy atom. The Bertz CT molecular complexity index is 1420. The number of aryl methyl sites for hydroxylation is 2. The van der Waals surface area contributed by atoms with Crippen molar-refractivity contribution in [3.05, 3.63) is 89.1 Å². The van der Waals surface area contributed by atoms with Crippen LogP contribution in [0, 0.1) is 6.92 Å². The molecule has 2 amide bonds. The van der Waals surface area contributed by atoms with Crippen molar-refractivity contribution >= 4 is 29.0 Å². The lowest BCUT2D eigenvalue weighted by atomic mass is 10.1. The van der Waals surface area contributed by atoms with E-state index in [1.54, 1.807) is 35.0 Å². The number of carbonyl (C=O) groups is 1. The quantitative estimate of drug-likeness (QED) is 0.256. The molecule has 2 N–H and O–H groups in total. The molecule has 0 radical (unpaired) electrons. The monoisotopic (exact) mass is 530 g/mol. The first-order chi connectivity index (χ1) is 17.6. The molecule has 0 spiro atoms. The highest BCUT2D eigenvalue weighted by molar-refractivity contribution is 6.34. The number of halogens is 4. The van der Waals surface area contributed by atoms with Gasteiger partial charge in [-0.1, -0.05) is 48.9 Å². The number of rotatable bonds is 7. The van der Waals surface area contributed by atoms with Gasteiger partial charge in [-0.05, 0) is 49.2 Å². The lowest BCUT2D eigenvalue weighted by molar-refractivity contribution is -0.274. The molecule has 0 atom stereocenters. The van der Waals surface area contributed by atoms with Crippen molar-refractivity contribution in [2.45, 2.75) is 26.6 Å². The smallest absolute Gasteiger partial charge is 0.437 e. The van der Waals surface area contributed by atoms with E-state index in [-0.39, 0.29) is 10.7 Å². The third-order valence-corrected chi connectivity index (χ3v) is 5.48. The number of alkyl halides is 3. The van der Waals surface area contributed by atoms with Gasteiger partial charge in [0.2, 0.25) is 5.88 Å². The molecule has 0 unspecified atom stereocenters. The molecular formula is C26H22ClF3N4O3. The van der Waals surface area contributed by atoms with Crippen LogP contribution in [0.5, 0.6) is 17.4 Å². The van der Waals surface area contributed by atoms with Crippen molar-refractivity contribution < 1.29 is 27.4 Å². The van der Waals surface area contributed by atoms with Gasteiger partial charge in [0.15, 0.2) is 5.75 Å². The molecule has 0 bridgehead atoms. The van der Waals surface area contributed by atoms with Crippen LogP contribution >= 0.6 is 11.6 Å². The SMILES string of the molecule is CCc1ccccc1-n1nc(C)cc1Oc1ccccc1NC(=O)Nc1ccc(OC(F)(F)F)cc1Cl. The number of nitrogens with zero attached hydrogens (tertiary/aromatic N) is 2. The average molecular weight is 531 g/mol. The molecule has 0 fully saturated rings. The zero-order chi connectivity index (χ0) is 26.6. The van der Waals surface area contributed by atoms with E-state index in [2.05, 4.69) is 27.4 Å². The van der Waals surface area contributed by atoms with Gasteiger partial charge in [-0.15, -0.1) is 13.2 Å². The lowest BCUT2D eigenvalue weighted by Gasteiger charge is -2.15. The molecule has 7 nitrogen and oxygen atoms in total. The van der Waals surface area contributed by atoms with Crippen molar-refractivity contribution in [1.82, 2.24) is 9.78 Å². The number of aromatic nitrogens is 2. The van der Waals surface area contributed by atoms with Crippen molar-refractivity contribution in [2.24, 2.45) is 0 Å². The summed E-state index contributed by atoms with van der Waals surface area (Å²) in [5.41, 5.74) is 3.16. The van der Waals surface area contributed by atoms with Crippen LogP contribution in [-0.2, 0) is 6.42 Å². The molecule has 37 heavy (non-hydrogen) atoms. The highest BCUT2D eigenvalue weighted by Gasteiger charge is 2.31. The zero-order valence-electron chi connectivity index (χ0n) is 19.8. The summed E-state index contributed by atoms with van der Waals surface area (Å²) >= 11 is 6.02. The topological polar surface area (TPSA) is 77.4 Å². The van der Waals surface area contributed by atoms with Gasteiger partial charge in [-0.3, -0.25) is 0 Å². The maximum absolute atomic E-state index is 12.7. The standard InChI is InChI=1S/C26H22ClF3N4O3/c1-3-17-8-4-6-10-22(17)34-24(14-16(2)33-34)36-23-11-7-5-9-21(23)32-25(35)31-20-13-12-18(15-19(20)27)37-26(28,29)30/h4-15H,3H2,1-2H3,(H2,31,32,35). The number of amides is 2. The minimum Gasteiger partial charge on any atom is -0.437 e. The van der Waals surface area contributed by atoms with Crippen LogP contribution < -0.4 is 20.1 Å². The summed E-state index contributed by atoms with van der Waals surface area (Å²) in [5.74, 6) is 0.308. The summed E-state index contributed by atoms with van der Waals surface area (Å²) in [5, 5.41) is 9.62. The summed E-state index contributed by atoms with van der Waals surface area (Å²) in [7, 11) is 0. The maximum atomic E-state index is 12.7. The second-order valence-corrected chi connectivity index (χ2v) is 8.29. The summed E-state index contributed by atoms with van der Waals surface area (Å²) in [6, 6.07) is 19.0. The first-order valence-electron chi connectivity index (χ1n) is 11.2. The van der Waals surface area contributed by atoms with Crippen LogP contribution in [0.1, 0.15) is 18.2 Å². The average Bonchev–Trinajstić information content (AvgIpc) is 3.20. The number of benzene rings is 3. The van der Waals surface area contributed by atoms with Gasteiger partial charge in [0.05, 0.1) is 27.8 Å². The van der Waals surface area contributed by atoms with Crippen LogP contribution in [0.3, 0.4) is 0 Å². The molecule has 192 valence electrons. The number of ether oxygens (including phenoxy) is 2. The minimum atomic E-state index is -4.86. The van der Waals surface area contributed by atoms with Gasteiger partial charge in [0, 0.05) is 12.1 Å². The number of anilines is 2. The van der Waals surface area contributed by atoms with Crippen LogP contribution in [0.4, 0.5) is 29.3 Å². The molecule has 3 aromatic carbocycles. The van der Waals surface area contributed by atoms with Crippen LogP contribution in [0.2, 0.25) is 5.02 Å². The number of hydrogen-bond donors (Lipinski definition) is 2.